The SMILES string of the molecule is NC(=O)[C@@H](Cc1cncc(-c2ccc(O)c(Cl)c2)c1)c1ccccc1. The molecule has 1 heterocycles. The topological polar surface area (TPSA) is 76.2 Å². The van der Waals surface area contributed by atoms with Gasteiger partial charge in [-0.2, -0.15) is 0 Å². The van der Waals surface area contributed by atoms with Gasteiger partial charge < -0.3 is 10.8 Å². The molecule has 1 aromatic heterocycles. The van der Waals surface area contributed by atoms with Crippen LogP contribution in [0, 0.1) is 0 Å². The van der Waals surface area contributed by atoms with E-state index in [-0.39, 0.29) is 16.7 Å². The van der Waals surface area contributed by atoms with Gasteiger partial charge in [0, 0.05) is 18.0 Å². The van der Waals surface area contributed by atoms with Crippen LogP contribution in [-0.4, -0.2) is 16.0 Å². The molecule has 0 spiro atoms. The Hall–Kier alpha value is -2.85. The van der Waals surface area contributed by atoms with Gasteiger partial charge in [-0.1, -0.05) is 48.0 Å². The Morgan fingerprint density at radius 2 is 1.84 bits per heavy atom. The van der Waals surface area contributed by atoms with E-state index in [1.807, 2.05) is 36.4 Å². The van der Waals surface area contributed by atoms with Gasteiger partial charge in [0.15, 0.2) is 0 Å². The molecule has 3 rings (SSSR count). The van der Waals surface area contributed by atoms with Gasteiger partial charge in [-0.05, 0) is 41.3 Å². The normalized spacial score (nSPS) is 11.9. The number of pyridine rings is 1. The van der Waals surface area contributed by atoms with Gasteiger partial charge >= 0.3 is 0 Å². The molecule has 0 fully saturated rings. The molecule has 0 aliphatic carbocycles. The van der Waals surface area contributed by atoms with Crippen LogP contribution in [0.25, 0.3) is 11.1 Å². The summed E-state index contributed by atoms with van der Waals surface area (Å²) in [5.74, 6) is -0.752. The number of rotatable bonds is 5. The lowest BCUT2D eigenvalue weighted by molar-refractivity contribution is -0.119. The number of primary amides is 1. The van der Waals surface area contributed by atoms with Crippen molar-refractivity contribution in [3.8, 4) is 16.9 Å². The number of phenols is 1. The van der Waals surface area contributed by atoms with Gasteiger partial charge in [-0.15, -0.1) is 0 Å². The summed E-state index contributed by atoms with van der Waals surface area (Å²) < 4.78 is 0. The second kappa shape index (κ2) is 7.36. The zero-order valence-corrected chi connectivity index (χ0v) is 14.1. The maximum Gasteiger partial charge on any atom is 0.225 e. The molecule has 25 heavy (non-hydrogen) atoms. The average Bonchev–Trinajstić information content (AvgIpc) is 2.63. The summed E-state index contributed by atoms with van der Waals surface area (Å²) in [6, 6.07) is 16.4. The fraction of sp³-hybridized carbons (Fsp3) is 0.100. The Kier molecular flexibility index (Phi) is 5.00. The smallest absolute Gasteiger partial charge is 0.225 e. The molecule has 3 N–H and O–H groups in total. The summed E-state index contributed by atoms with van der Waals surface area (Å²) in [5.41, 5.74) is 9.08. The molecule has 0 aliphatic rings. The van der Waals surface area contributed by atoms with Crippen LogP contribution < -0.4 is 5.73 Å². The van der Waals surface area contributed by atoms with Crippen LogP contribution in [0.15, 0.2) is 67.0 Å². The third kappa shape index (κ3) is 3.98. The molecule has 2 aromatic carbocycles. The van der Waals surface area contributed by atoms with E-state index in [0.717, 1.165) is 22.3 Å². The number of hydrogen-bond acceptors (Lipinski definition) is 3. The molecule has 0 unspecified atom stereocenters. The Balaban J connectivity index is 1.90. The van der Waals surface area contributed by atoms with Crippen molar-refractivity contribution in [1.29, 1.82) is 0 Å². The lowest BCUT2D eigenvalue weighted by Gasteiger charge is -2.14. The first-order valence-corrected chi connectivity index (χ1v) is 8.19. The van der Waals surface area contributed by atoms with Gasteiger partial charge in [-0.3, -0.25) is 9.78 Å². The van der Waals surface area contributed by atoms with E-state index in [9.17, 15) is 9.90 Å². The first-order chi connectivity index (χ1) is 12.0. The largest absolute Gasteiger partial charge is 0.506 e. The Morgan fingerprint density at radius 3 is 2.52 bits per heavy atom. The Labute approximate surface area is 150 Å². The molecule has 3 aromatic rings. The maximum atomic E-state index is 11.9. The summed E-state index contributed by atoms with van der Waals surface area (Å²) in [6.45, 7) is 0. The Morgan fingerprint density at radius 1 is 1.08 bits per heavy atom. The van der Waals surface area contributed by atoms with Crippen molar-refractivity contribution in [2.24, 2.45) is 5.73 Å². The quantitative estimate of drug-likeness (QED) is 0.730. The summed E-state index contributed by atoms with van der Waals surface area (Å²) in [6.07, 6.45) is 3.91. The number of amides is 1. The number of aromatic hydroxyl groups is 1. The van der Waals surface area contributed by atoms with Crippen LogP contribution in [0.5, 0.6) is 5.75 Å². The molecule has 0 aliphatic heterocycles. The molecule has 1 amide bonds. The van der Waals surface area contributed by atoms with Crippen molar-refractivity contribution < 1.29 is 9.90 Å². The molecule has 4 nitrogen and oxygen atoms in total. The maximum absolute atomic E-state index is 11.9. The first kappa shape index (κ1) is 17.0. The van der Waals surface area contributed by atoms with E-state index >= 15 is 0 Å². The van der Waals surface area contributed by atoms with Crippen LogP contribution in [0.1, 0.15) is 17.0 Å². The zero-order chi connectivity index (χ0) is 17.8. The van der Waals surface area contributed by atoms with E-state index in [2.05, 4.69) is 4.98 Å². The number of carbonyl (C=O) groups excluding carboxylic acids is 1. The number of phenolic OH excluding ortho intramolecular Hbond substituents is 1. The fourth-order valence-corrected chi connectivity index (χ4v) is 2.93. The minimum atomic E-state index is -0.415. The van der Waals surface area contributed by atoms with Crippen LogP contribution >= 0.6 is 11.6 Å². The highest BCUT2D eigenvalue weighted by Gasteiger charge is 2.18. The lowest BCUT2D eigenvalue weighted by atomic mass is 9.91. The third-order valence-electron chi connectivity index (χ3n) is 4.06. The number of halogens is 1. The molecular weight excluding hydrogens is 336 g/mol. The number of nitrogens with two attached hydrogens (primary N) is 1. The minimum Gasteiger partial charge on any atom is -0.506 e. The van der Waals surface area contributed by atoms with Gasteiger partial charge in [0.05, 0.1) is 10.9 Å². The second-order valence-electron chi connectivity index (χ2n) is 5.82. The summed E-state index contributed by atoms with van der Waals surface area (Å²) >= 11 is 5.98. The summed E-state index contributed by atoms with van der Waals surface area (Å²) in [4.78, 5) is 16.2. The molecule has 5 heteroatoms. The number of carbonyl (C=O) groups is 1. The summed E-state index contributed by atoms with van der Waals surface area (Å²) in [7, 11) is 0. The highest BCUT2D eigenvalue weighted by Crippen LogP contribution is 2.30. The van der Waals surface area contributed by atoms with Crippen molar-refractivity contribution in [3.63, 3.8) is 0 Å². The molecular formula is C20H17ClN2O2. The Bertz CT molecular complexity index is 897. The third-order valence-corrected chi connectivity index (χ3v) is 4.36. The van der Waals surface area contributed by atoms with Crippen LogP contribution in [0.2, 0.25) is 5.02 Å². The number of benzene rings is 2. The number of nitrogens with zero attached hydrogens (tertiary/aromatic N) is 1. The predicted molar refractivity (Wildman–Crippen MR) is 98.4 cm³/mol. The molecule has 0 radical (unpaired) electrons. The van der Waals surface area contributed by atoms with Crippen molar-refractivity contribution >= 4 is 17.5 Å². The standard InChI is InChI=1S/C20H17ClN2O2/c21-18-10-15(6-7-19(18)24)16-8-13(11-23-12-16)9-17(20(22)25)14-4-2-1-3-5-14/h1-8,10-12,17,24H,9H2,(H2,22,25)/t17-/m0/s1. The molecule has 0 bridgehead atoms. The molecule has 0 saturated heterocycles. The van der Waals surface area contributed by atoms with Gasteiger partial charge in [-0.25, -0.2) is 0 Å². The summed E-state index contributed by atoms with van der Waals surface area (Å²) in [5, 5.41) is 9.83. The van der Waals surface area contributed by atoms with Gasteiger partial charge in [0.2, 0.25) is 5.91 Å². The van der Waals surface area contributed by atoms with Crippen LogP contribution in [0.4, 0.5) is 0 Å². The van der Waals surface area contributed by atoms with E-state index in [0.29, 0.717) is 6.42 Å². The minimum absolute atomic E-state index is 0.0346. The van der Waals surface area contributed by atoms with Crippen molar-refractivity contribution in [2.75, 3.05) is 0 Å². The number of hydrogen-bond donors (Lipinski definition) is 2. The van der Waals surface area contributed by atoms with E-state index in [4.69, 9.17) is 17.3 Å². The highest BCUT2D eigenvalue weighted by molar-refractivity contribution is 6.32. The van der Waals surface area contributed by atoms with Crippen molar-refractivity contribution in [3.05, 3.63) is 83.1 Å². The number of aromatic nitrogens is 1. The molecule has 1 atom stereocenters. The van der Waals surface area contributed by atoms with Crippen LogP contribution in [0.3, 0.4) is 0 Å². The van der Waals surface area contributed by atoms with Crippen LogP contribution in [-0.2, 0) is 11.2 Å². The predicted octanol–water partition coefficient (Wildman–Crippen LogP) is 3.92. The lowest BCUT2D eigenvalue weighted by Crippen LogP contribution is -2.23. The average molecular weight is 353 g/mol. The highest BCUT2D eigenvalue weighted by atomic mass is 35.5. The fourth-order valence-electron chi connectivity index (χ4n) is 2.75. The van der Waals surface area contributed by atoms with E-state index in [1.165, 1.54) is 0 Å². The van der Waals surface area contributed by atoms with Crippen molar-refractivity contribution in [1.82, 2.24) is 4.98 Å². The first-order valence-electron chi connectivity index (χ1n) is 7.81. The van der Waals surface area contributed by atoms with Gasteiger partial charge in [0.1, 0.15) is 5.75 Å². The zero-order valence-electron chi connectivity index (χ0n) is 13.4. The van der Waals surface area contributed by atoms with Gasteiger partial charge in [0.25, 0.3) is 0 Å². The molecule has 126 valence electrons. The second-order valence-corrected chi connectivity index (χ2v) is 6.23. The van der Waals surface area contributed by atoms with E-state index < -0.39 is 5.92 Å². The molecule has 0 saturated carbocycles. The van der Waals surface area contributed by atoms with Crippen molar-refractivity contribution in [2.45, 2.75) is 12.3 Å². The monoisotopic (exact) mass is 352 g/mol. The van der Waals surface area contributed by atoms with E-state index in [1.54, 1.807) is 30.6 Å².